The molecule has 0 unspecified atom stereocenters. The van der Waals surface area contributed by atoms with Gasteiger partial charge in [-0.15, -0.1) is 0 Å². The molecule has 0 aromatic heterocycles. The van der Waals surface area contributed by atoms with Crippen LogP contribution in [0.25, 0.3) is 0 Å². The Labute approximate surface area is 77.1 Å². The molecule has 0 bridgehead atoms. The molecule has 0 aromatic rings. The lowest BCUT2D eigenvalue weighted by Crippen LogP contribution is -2.46. The fourth-order valence-corrected chi connectivity index (χ4v) is 1.88. The molecular formula is C11H23N. The molecular weight excluding hydrogens is 146 g/mol. The first-order chi connectivity index (χ1) is 5.86. The summed E-state index contributed by atoms with van der Waals surface area (Å²) in [6.45, 7) is 8.69. The minimum absolute atomic E-state index is 1.02. The number of unbranched alkanes of at least 4 members (excludes halogenated alkanes) is 3. The van der Waals surface area contributed by atoms with Gasteiger partial charge in [0.1, 0.15) is 0 Å². The first-order valence-electron chi connectivity index (χ1n) is 5.59. The van der Waals surface area contributed by atoms with E-state index in [9.17, 15) is 0 Å². The van der Waals surface area contributed by atoms with Crippen LogP contribution in [0.4, 0.5) is 0 Å². The van der Waals surface area contributed by atoms with Crippen LogP contribution in [0.2, 0.25) is 0 Å². The van der Waals surface area contributed by atoms with Crippen molar-refractivity contribution in [3.63, 3.8) is 0 Å². The second kappa shape index (κ2) is 5.58. The van der Waals surface area contributed by atoms with E-state index >= 15 is 0 Å². The Morgan fingerprint density at radius 3 is 2.42 bits per heavy atom. The minimum Gasteiger partial charge on any atom is -0.303 e. The molecule has 12 heavy (non-hydrogen) atoms. The van der Waals surface area contributed by atoms with Crippen LogP contribution in [0.5, 0.6) is 0 Å². The highest BCUT2D eigenvalue weighted by atomic mass is 15.2. The van der Waals surface area contributed by atoms with Crippen molar-refractivity contribution in [1.29, 1.82) is 0 Å². The molecule has 1 aliphatic rings. The standard InChI is InChI=1S/C11H23N/c1-3-5-6-7-8-12-9-11(4-2)10-12/h11H,3-10H2,1-2H3. The van der Waals surface area contributed by atoms with E-state index in [0.717, 1.165) is 5.92 Å². The van der Waals surface area contributed by atoms with Gasteiger partial charge in [-0.3, -0.25) is 0 Å². The van der Waals surface area contributed by atoms with E-state index in [1.807, 2.05) is 0 Å². The average molecular weight is 169 g/mol. The first kappa shape index (κ1) is 10.0. The van der Waals surface area contributed by atoms with Gasteiger partial charge in [0, 0.05) is 13.1 Å². The van der Waals surface area contributed by atoms with E-state index < -0.39 is 0 Å². The Bertz CT molecular complexity index is 106. The van der Waals surface area contributed by atoms with Crippen LogP contribution in [-0.4, -0.2) is 24.5 Å². The number of likely N-dealkylation sites (tertiary alicyclic amines) is 1. The van der Waals surface area contributed by atoms with Crippen molar-refractivity contribution in [3.05, 3.63) is 0 Å². The fraction of sp³-hybridized carbons (Fsp3) is 1.00. The first-order valence-corrected chi connectivity index (χ1v) is 5.59. The zero-order valence-electron chi connectivity index (χ0n) is 8.68. The van der Waals surface area contributed by atoms with Gasteiger partial charge in [0.2, 0.25) is 0 Å². The molecule has 0 spiro atoms. The van der Waals surface area contributed by atoms with Gasteiger partial charge in [0.05, 0.1) is 0 Å². The molecule has 0 atom stereocenters. The van der Waals surface area contributed by atoms with Crippen molar-refractivity contribution in [3.8, 4) is 0 Å². The second-order valence-corrected chi connectivity index (χ2v) is 4.09. The van der Waals surface area contributed by atoms with Gasteiger partial charge in [-0.25, -0.2) is 0 Å². The monoisotopic (exact) mass is 169 g/mol. The van der Waals surface area contributed by atoms with Crippen LogP contribution in [0.3, 0.4) is 0 Å². The van der Waals surface area contributed by atoms with Crippen LogP contribution in [0.15, 0.2) is 0 Å². The smallest absolute Gasteiger partial charge is 0.00219 e. The number of hydrogen-bond acceptors (Lipinski definition) is 1. The summed E-state index contributed by atoms with van der Waals surface area (Å²) in [6.07, 6.45) is 7.02. The maximum absolute atomic E-state index is 2.60. The molecule has 1 saturated heterocycles. The van der Waals surface area contributed by atoms with Crippen molar-refractivity contribution < 1.29 is 0 Å². The quantitative estimate of drug-likeness (QED) is 0.553. The highest BCUT2D eigenvalue weighted by Gasteiger charge is 2.23. The van der Waals surface area contributed by atoms with E-state index in [0.29, 0.717) is 0 Å². The summed E-state index contributed by atoms with van der Waals surface area (Å²) in [5.41, 5.74) is 0. The van der Waals surface area contributed by atoms with E-state index in [2.05, 4.69) is 18.7 Å². The molecule has 0 aromatic carbocycles. The summed E-state index contributed by atoms with van der Waals surface area (Å²) in [5, 5.41) is 0. The summed E-state index contributed by atoms with van der Waals surface area (Å²) >= 11 is 0. The van der Waals surface area contributed by atoms with Crippen molar-refractivity contribution in [2.45, 2.75) is 46.0 Å². The molecule has 1 heterocycles. The fourth-order valence-electron chi connectivity index (χ4n) is 1.88. The number of rotatable bonds is 6. The van der Waals surface area contributed by atoms with Crippen molar-refractivity contribution >= 4 is 0 Å². The molecule has 0 N–H and O–H groups in total. The van der Waals surface area contributed by atoms with Crippen molar-refractivity contribution in [2.24, 2.45) is 5.92 Å². The topological polar surface area (TPSA) is 3.24 Å². The third-order valence-corrected chi connectivity index (χ3v) is 2.94. The Morgan fingerprint density at radius 2 is 1.83 bits per heavy atom. The van der Waals surface area contributed by atoms with E-state index in [1.165, 1.54) is 51.7 Å². The summed E-state index contributed by atoms with van der Waals surface area (Å²) in [5.74, 6) is 1.02. The van der Waals surface area contributed by atoms with E-state index in [-0.39, 0.29) is 0 Å². The Balaban J connectivity index is 1.83. The summed E-state index contributed by atoms with van der Waals surface area (Å²) in [7, 11) is 0. The van der Waals surface area contributed by atoms with Crippen LogP contribution in [0, 0.1) is 5.92 Å². The normalized spacial score (nSPS) is 19.5. The summed E-state index contributed by atoms with van der Waals surface area (Å²) in [4.78, 5) is 2.60. The van der Waals surface area contributed by atoms with Gasteiger partial charge >= 0.3 is 0 Å². The Kier molecular flexibility index (Phi) is 4.67. The molecule has 1 rings (SSSR count). The molecule has 0 aliphatic carbocycles. The lowest BCUT2D eigenvalue weighted by Gasteiger charge is -2.38. The van der Waals surface area contributed by atoms with Gasteiger partial charge in [-0.1, -0.05) is 39.5 Å². The molecule has 0 amide bonds. The summed E-state index contributed by atoms with van der Waals surface area (Å²) in [6, 6.07) is 0. The maximum atomic E-state index is 2.60. The van der Waals surface area contributed by atoms with E-state index in [1.54, 1.807) is 0 Å². The third-order valence-electron chi connectivity index (χ3n) is 2.94. The SMILES string of the molecule is CCCCCCN1CC(CC)C1. The van der Waals surface area contributed by atoms with Gasteiger partial charge in [-0.05, 0) is 18.9 Å². The van der Waals surface area contributed by atoms with Crippen LogP contribution < -0.4 is 0 Å². The zero-order chi connectivity index (χ0) is 8.81. The third kappa shape index (κ3) is 3.14. The van der Waals surface area contributed by atoms with Crippen LogP contribution in [0.1, 0.15) is 46.0 Å². The zero-order valence-corrected chi connectivity index (χ0v) is 8.68. The van der Waals surface area contributed by atoms with Crippen molar-refractivity contribution in [2.75, 3.05) is 19.6 Å². The van der Waals surface area contributed by atoms with Gasteiger partial charge < -0.3 is 4.90 Å². The molecule has 0 saturated carbocycles. The van der Waals surface area contributed by atoms with Gasteiger partial charge in [0.25, 0.3) is 0 Å². The molecule has 0 radical (unpaired) electrons. The predicted molar refractivity (Wildman–Crippen MR) is 54.4 cm³/mol. The molecule has 1 nitrogen and oxygen atoms in total. The molecule has 1 aliphatic heterocycles. The Morgan fingerprint density at radius 1 is 1.08 bits per heavy atom. The van der Waals surface area contributed by atoms with E-state index in [4.69, 9.17) is 0 Å². The summed E-state index contributed by atoms with van der Waals surface area (Å²) < 4.78 is 0. The van der Waals surface area contributed by atoms with Crippen LogP contribution in [-0.2, 0) is 0 Å². The lowest BCUT2D eigenvalue weighted by atomic mass is 9.97. The van der Waals surface area contributed by atoms with Crippen molar-refractivity contribution in [1.82, 2.24) is 4.90 Å². The van der Waals surface area contributed by atoms with Gasteiger partial charge in [0.15, 0.2) is 0 Å². The average Bonchev–Trinajstić information content (AvgIpc) is 2.01. The number of hydrogen-bond donors (Lipinski definition) is 0. The predicted octanol–water partition coefficient (Wildman–Crippen LogP) is 2.91. The highest BCUT2D eigenvalue weighted by molar-refractivity contribution is 4.77. The second-order valence-electron chi connectivity index (χ2n) is 4.09. The highest BCUT2D eigenvalue weighted by Crippen LogP contribution is 2.18. The Hall–Kier alpha value is -0.0400. The lowest BCUT2D eigenvalue weighted by molar-refractivity contribution is 0.0957. The van der Waals surface area contributed by atoms with Gasteiger partial charge in [-0.2, -0.15) is 0 Å². The molecule has 1 heteroatoms. The van der Waals surface area contributed by atoms with Crippen LogP contribution >= 0.6 is 0 Å². The largest absolute Gasteiger partial charge is 0.303 e. The number of nitrogens with zero attached hydrogens (tertiary/aromatic N) is 1. The maximum Gasteiger partial charge on any atom is 0.00219 e. The minimum atomic E-state index is 1.02. The molecule has 72 valence electrons. The molecule has 1 fully saturated rings.